The smallest absolute Gasteiger partial charge is 0.123 e. The van der Waals surface area contributed by atoms with Crippen LogP contribution in [0.25, 0.3) is 0 Å². The second kappa shape index (κ2) is 7.03. The highest BCUT2D eigenvalue weighted by atomic mass is 16.5. The first-order chi connectivity index (χ1) is 8.90. The minimum atomic E-state index is 0.419. The molecule has 18 heavy (non-hydrogen) atoms. The predicted molar refractivity (Wildman–Crippen MR) is 71.5 cm³/mol. The lowest BCUT2D eigenvalue weighted by Crippen LogP contribution is -2.22. The second-order valence-corrected chi connectivity index (χ2v) is 4.69. The van der Waals surface area contributed by atoms with Crippen molar-refractivity contribution < 1.29 is 4.74 Å². The normalized spacial score (nSPS) is 15.5. The van der Waals surface area contributed by atoms with E-state index in [0.717, 1.165) is 30.9 Å². The highest BCUT2D eigenvalue weighted by molar-refractivity contribution is 5.35. The monoisotopic (exact) mass is 244 g/mol. The molecule has 1 aromatic carbocycles. The molecule has 0 radical (unpaired) electrons. The van der Waals surface area contributed by atoms with Gasteiger partial charge in [-0.05, 0) is 38.4 Å². The molecule has 1 aromatic rings. The Morgan fingerprint density at radius 2 is 2.00 bits per heavy atom. The topological polar surface area (TPSA) is 36.3 Å². The molecular formula is C15H20N2O. The molecule has 0 atom stereocenters. The first-order valence-corrected chi connectivity index (χ1v) is 6.70. The third kappa shape index (κ3) is 3.75. The lowest BCUT2D eigenvalue weighted by atomic mass is 10.1. The molecule has 3 heteroatoms. The molecule has 2 rings (SSSR count). The fourth-order valence-corrected chi connectivity index (χ4v) is 2.35. The van der Waals surface area contributed by atoms with E-state index in [9.17, 15) is 0 Å². The van der Waals surface area contributed by atoms with Crippen LogP contribution in [0.4, 0.5) is 0 Å². The molecule has 0 unspecified atom stereocenters. The molecular weight excluding hydrogens is 224 g/mol. The largest absolute Gasteiger partial charge is 0.493 e. The number of hydrogen-bond acceptors (Lipinski definition) is 3. The molecule has 3 nitrogen and oxygen atoms in total. The summed E-state index contributed by atoms with van der Waals surface area (Å²) < 4.78 is 5.77. The Balaban J connectivity index is 1.74. The van der Waals surface area contributed by atoms with Crippen LogP contribution in [0.1, 0.15) is 24.8 Å². The van der Waals surface area contributed by atoms with Crippen molar-refractivity contribution in [2.24, 2.45) is 0 Å². The lowest BCUT2D eigenvalue weighted by Gasteiger charge is -2.15. The van der Waals surface area contributed by atoms with Gasteiger partial charge >= 0.3 is 0 Å². The van der Waals surface area contributed by atoms with Gasteiger partial charge in [0, 0.05) is 12.1 Å². The van der Waals surface area contributed by atoms with E-state index in [1.54, 1.807) is 0 Å². The van der Waals surface area contributed by atoms with Gasteiger partial charge in [0.1, 0.15) is 5.75 Å². The number of rotatable bonds is 6. The quantitative estimate of drug-likeness (QED) is 0.722. The van der Waals surface area contributed by atoms with Crippen molar-refractivity contribution in [2.45, 2.75) is 25.7 Å². The van der Waals surface area contributed by atoms with Gasteiger partial charge in [-0.15, -0.1) is 0 Å². The average Bonchev–Trinajstić information content (AvgIpc) is 2.90. The van der Waals surface area contributed by atoms with Gasteiger partial charge in [0.2, 0.25) is 0 Å². The number of benzene rings is 1. The van der Waals surface area contributed by atoms with Crippen LogP contribution >= 0.6 is 0 Å². The van der Waals surface area contributed by atoms with E-state index in [1.807, 2.05) is 24.3 Å². The summed E-state index contributed by atoms with van der Waals surface area (Å²) >= 11 is 0. The zero-order chi connectivity index (χ0) is 12.6. The van der Waals surface area contributed by atoms with Crippen LogP contribution in [0, 0.1) is 11.3 Å². The lowest BCUT2D eigenvalue weighted by molar-refractivity contribution is 0.262. The van der Waals surface area contributed by atoms with E-state index < -0.39 is 0 Å². The van der Waals surface area contributed by atoms with Crippen LogP contribution in [-0.4, -0.2) is 31.1 Å². The zero-order valence-electron chi connectivity index (χ0n) is 10.8. The minimum absolute atomic E-state index is 0.419. The Kier molecular flexibility index (Phi) is 5.04. The van der Waals surface area contributed by atoms with Crippen LogP contribution in [0.3, 0.4) is 0 Å². The maximum absolute atomic E-state index is 8.75. The second-order valence-electron chi connectivity index (χ2n) is 4.69. The summed E-state index contributed by atoms with van der Waals surface area (Å²) in [5.74, 6) is 0.862. The Morgan fingerprint density at radius 3 is 2.78 bits per heavy atom. The maximum Gasteiger partial charge on any atom is 0.123 e. The third-order valence-electron chi connectivity index (χ3n) is 3.32. The molecule has 0 spiro atoms. The summed E-state index contributed by atoms with van der Waals surface area (Å²) in [4.78, 5) is 2.49. The Morgan fingerprint density at radius 1 is 1.22 bits per heavy atom. The van der Waals surface area contributed by atoms with Crippen LogP contribution in [0.5, 0.6) is 5.75 Å². The molecule has 0 aliphatic carbocycles. The van der Waals surface area contributed by atoms with Gasteiger partial charge in [0.25, 0.3) is 0 Å². The summed E-state index contributed by atoms with van der Waals surface area (Å²) in [7, 11) is 0. The Labute approximate surface area is 109 Å². The molecule has 96 valence electrons. The fraction of sp³-hybridized carbons (Fsp3) is 0.533. The van der Waals surface area contributed by atoms with Gasteiger partial charge < -0.3 is 9.64 Å². The predicted octanol–water partition coefficient (Wildman–Crippen LogP) is 2.62. The number of para-hydroxylation sites is 1. The number of nitriles is 1. The molecule has 0 aromatic heterocycles. The van der Waals surface area contributed by atoms with E-state index in [1.165, 1.54) is 25.9 Å². The highest BCUT2D eigenvalue weighted by Gasteiger charge is 2.10. The number of likely N-dealkylation sites (tertiary alicyclic amines) is 1. The Bertz CT molecular complexity index is 405. The molecule has 1 heterocycles. The minimum Gasteiger partial charge on any atom is -0.493 e. The van der Waals surface area contributed by atoms with Crippen molar-refractivity contribution in [1.29, 1.82) is 5.26 Å². The number of nitrogens with zero attached hydrogens (tertiary/aromatic N) is 2. The van der Waals surface area contributed by atoms with E-state index in [2.05, 4.69) is 11.0 Å². The van der Waals surface area contributed by atoms with Gasteiger partial charge in [0.15, 0.2) is 0 Å². The van der Waals surface area contributed by atoms with Crippen molar-refractivity contribution >= 4 is 0 Å². The van der Waals surface area contributed by atoms with Crippen molar-refractivity contribution in [3.8, 4) is 11.8 Å². The van der Waals surface area contributed by atoms with Crippen molar-refractivity contribution in [2.75, 3.05) is 26.2 Å². The molecule has 1 fully saturated rings. The average molecular weight is 244 g/mol. The number of ether oxygens (including phenoxy) is 1. The van der Waals surface area contributed by atoms with Gasteiger partial charge in [-0.2, -0.15) is 5.26 Å². The first-order valence-electron chi connectivity index (χ1n) is 6.70. The van der Waals surface area contributed by atoms with Crippen molar-refractivity contribution in [3.63, 3.8) is 0 Å². The summed E-state index contributed by atoms with van der Waals surface area (Å²) in [6.07, 6.45) is 4.15. The maximum atomic E-state index is 8.75. The summed E-state index contributed by atoms with van der Waals surface area (Å²) in [6, 6.07) is 9.98. The van der Waals surface area contributed by atoms with E-state index in [0.29, 0.717) is 6.42 Å². The van der Waals surface area contributed by atoms with Crippen LogP contribution in [0.2, 0.25) is 0 Å². The first kappa shape index (κ1) is 12.9. The molecule has 0 saturated carbocycles. The van der Waals surface area contributed by atoms with Crippen molar-refractivity contribution in [1.82, 2.24) is 4.90 Å². The number of hydrogen-bond donors (Lipinski definition) is 0. The molecule has 1 aliphatic heterocycles. The van der Waals surface area contributed by atoms with Crippen molar-refractivity contribution in [3.05, 3.63) is 29.8 Å². The van der Waals surface area contributed by atoms with E-state index >= 15 is 0 Å². The SMILES string of the molecule is N#CCc1ccccc1OCCCN1CCCC1. The molecule has 1 saturated heterocycles. The van der Waals surface area contributed by atoms with Gasteiger partial charge in [-0.1, -0.05) is 18.2 Å². The molecule has 0 N–H and O–H groups in total. The summed E-state index contributed by atoms with van der Waals surface area (Å²) in [6.45, 7) is 4.34. The summed E-state index contributed by atoms with van der Waals surface area (Å²) in [5.41, 5.74) is 0.987. The summed E-state index contributed by atoms with van der Waals surface area (Å²) in [5, 5.41) is 8.75. The van der Waals surface area contributed by atoms with Gasteiger partial charge in [-0.3, -0.25) is 0 Å². The van der Waals surface area contributed by atoms with E-state index in [-0.39, 0.29) is 0 Å². The van der Waals surface area contributed by atoms with E-state index in [4.69, 9.17) is 10.00 Å². The third-order valence-corrected chi connectivity index (χ3v) is 3.32. The van der Waals surface area contributed by atoms with Crippen LogP contribution in [0.15, 0.2) is 24.3 Å². The molecule has 1 aliphatic rings. The zero-order valence-corrected chi connectivity index (χ0v) is 10.8. The standard InChI is InChI=1S/C15H20N2O/c16-9-8-14-6-1-2-7-15(14)18-13-5-12-17-10-3-4-11-17/h1-2,6-7H,3-5,8,10-13H2. The fourth-order valence-electron chi connectivity index (χ4n) is 2.35. The van der Waals surface area contributed by atoms with Crippen LogP contribution < -0.4 is 4.74 Å². The Hall–Kier alpha value is -1.53. The van der Waals surface area contributed by atoms with Gasteiger partial charge in [-0.25, -0.2) is 0 Å². The molecule has 0 bridgehead atoms. The molecule has 0 amide bonds. The van der Waals surface area contributed by atoms with Gasteiger partial charge in [0.05, 0.1) is 19.1 Å². The van der Waals surface area contributed by atoms with Crippen LogP contribution in [-0.2, 0) is 6.42 Å². The highest BCUT2D eigenvalue weighted by Crippen LogP contribution is 2.18.